The molecule has 0 saturated carbocycles. The third-order valence-corrected chi connectivity index (χ3v) is 6.90. The number of anilines is 2. The molecule has 0 radical (unpaired) electrons. The smallest absolute Gasteiger partial charge is 0.227 e. The van der Waals surface area contributed by atoms with E-state index in [1.165, 1.54) is 23.1 Å². The third-order valence-electron chi connectivity index (χ3n) is 4.92. The van der Waals surface area contributed by atoms with Crippen molar-refractivity contribution < 1.29 is 18.8 Å². The van der Waals surface area contributed by atoms with Crippen molar-refractivity contribution in [2.75, 3.05) is 23.5 Å². The number of carbonyl (C=O) groups is 2. The minimum Gasteiger partial charge on any atom is -0.496 e. The Bertz CT molecular complexity index is 1320. The van der Waals surface area contributed by atoms with Crippen LogP contribution >= 0.6 is 23.1 Å². The minimum atomic E-state index is -0.239. The number of benzene rings is 2. The molecule has 186 valence electrons. The van der Waals surface area contributed by atoms with Crippen molar-refractivity contribution >= 4 is 45.7 Å². The van der Waals surface area contributed by atoms with Crippen molar-refractivity contribution in [1.82, 2.24) is 20.3 Å². The molecule has 0 bridgehead atoms. The fraction of sp³-hybridized carbons (Fsp3) is 0.250. The zero-order valence-electron chi connectivity index (χ0n) is 19.7. The van der Waals surface area contributed by atoms with Crippen molar-refractivity contribution in [1.29, 1.82) is 0 Å². The summed E-state index contributed by atoms with van der Waals surface area (Å²) in [6.45, 7) is 1.99. The van der Waals surface area contributed by atoms with E-state index in [1.54, 1.807) is 7.11 Å². The van der Waals surface area contributed by atoms with Crippen LogP contribution in [0.15, 0.2) is 57.4 Å². The summed E-state index contributed by atoms with van der Waals surface area (Å²) in [5.74, 6) is 1.63. The first-order valence-electron chi connectivity index (χ1n) is 11.1. The Balaban J connectivity index is 1.19. The molecule has 2 amide bonds. The highest BCUT2D eigenvalue weighted by atomic mass is 32.2. The van der Waals surface area contributed by atoms with Crippen molar-refractivity contribution in [2.24, 2.45) is 0 Å². The van der Waals surface area contributed by atoms with E-state index in [0.717, 1.165) is 11.3 Å². The number of nitrogens with zero attached hydrogens (tertiary/aromatic N) is 4. The van der Waals surface area contributed by atoms with Gasteiger partial charge in [-0.25, -0.2) is 0 Å². The molecule has 2 aromatic carbocycles. The van der Waals surface area contributed by atoms with Crippen LogP contribution in [0.1, 0.15) is 24.3 Å². The Morgan fingerprint density at radius 1 is 1.03 bits per heavy atom. The van der Waals surface area contributed by atoms with Crippen LogP contribution in [-0.2, 0) is 16.0 Å². The fourth-order valence-corrected chi connectivity index (χ4v) is 4.88. The number of para-hydroxylation sites is 1. The van der Waals surface area contributed by atoms with Crippen LogP contribution in [0, 0.1) is 6.92 Å². The van der Waals surface area contributed by atoms with Crippen LogP contribution in [0.3, 0.4) is 0 Å². The van der Waals surface area contributed by atoms with Gasteiger partial charge in [-0.15, -0.1) is 10.2 Å². The highest BCUT2D eigenvalue weighted by molar-refractivity contribution is 8.01. The number of hydrogen-bond acceptors (Lipinski definition) is 10. The first-order valence-corrected chi connectivity index (χ1v) is 12.9. The Morgan fingerprint density at radius 2 is 1.81 bits per heavy atom. The predicted octanol–water partition coefficient (Wildman–Crippen LogP) is 4.60. The molecular formula is C24H24N6O4S2. The van der Waals surface area contributed by atoms with Gasteiger partial charge in [-0.3, -0.25) is 9.59 Å². The van der Waals surface area contributed by atoms with E-state index in [1.807, 2.05) is 55.5 Å². The minimum absolute atomic E-state index is 0.0701. The number of rotatable bonds is 11. The maximum atomic E-state index is 12.3. The molecule has 0 aliphatic carbocycles. The second kappa shape index (κ2) is 12.3. The Kier molecular flexibility index (Phi) is 8.63. The lowest BCUT2D eigenvalue weighted by Gasteiger charge is -2.04. The van der Waals surface area contributed by atoms with E-state index >= 15 is 0 Å². The van der Waals surface area contributed by atoms with Crippen LogP contribution in [-0.4, -0.2) is 45.0 Å². The predicted molar refractivity (Wildman–Crippen MR) is 138 cm³/mol. The quantitative estimate of drug-likeness (QED) is 0.213. The molecule has 0 fully saturated rings. The van der Waals surface area contributed by atoms with Gasteiger partial charge in [-0.2, -0.15) is 4.98 Å². The summed E-state index contributed by atoms with van der Waals surface area (Å²) < 4.78 is 11.3. The summed E-state index contributed by atoms with van der Waals surface area (Å²) in [5, 5.41) is 18.0. The molecular weight excluding hydrogens is 500 g/mol. The molecule has 2 heterocycles. The van der Waals surface area contributed by atoms with Gasteiger partial charge in [0.1, 0.15) is 5.75 Å². The van der Waals surface area contributed by atoms with Gasteiger partial charge in [0, 0.05) is 30.7 Å². The lowest BCUT2D eigenvalue weighted by atomic mass is 10.2. The van der Waals surface area contributed by atoms with Gasteiger partial charge in [-0.1, -0.05) is 58.1 Å². The molecule has 2 aromatic heterocycles. The van der Waals surface area contributed by atoms with Gasteiger partial charge in [0.05, 0.1) is 12.7 Å². The molecule has 10 nitrogen and oxygen atoms in total. The highest BCUT2D eigenvalue weighted by Crippen LogP contribution is 2.28. The molecule has 0 aliphatic heterocycles. The lowest BCUT2D eigenvalue weighted by molar-refractivity contribution is -0.116. The number of aromatic nitrogens is 4. The van der Waals surface area contributed by atoms with Crippen molar-refractivity contribution in [3.8, 4) is 17.1 Å². The number of methoxy groups -OCH3 is 1. The average molecular weight is 525 g/mol. The monoisotopic (exact) mass is 524 g/mol. The summed E-state index contributed by atoms with van der Waals surface area (Å²) in [6.07, 6.45) is 0.764. The van der Waals surface area contributed by atoms with E-state index in [-0.39, 0.29) is 24.7 Å². The van der Waals surface area contributed by atoms with Gasteiger partial charge in [0.25, 0.3) is 0 Å². The molecule has 0 atom stereocenters. The fourth-order valence-electron chi connectivity index (χ4n) is 3.11. The average Bonchev–Trinajstić information content (AvgIpc) is 3.54. The normalized spacial score (nSPS) is 10.7. The number of carbonyl (C=O) groups excluding carboxylic acids is 2. The number of aryl methyl sites for hydroxylation is 2. The molecule has 0 saturated heterocycles. The zero-order valence-corrected chi connectivity index (χ0v) is 21.3. The molecule has 0 unspecified atom stereocenters. The summed E-state index contributed by atoms with van der Waals surface area (Å²) in [6, 6.07) is 15.0. The van der Waals surface area contributed by atoms with Crippen molar-refractivity contribution in [3.05, 3.63) is 60.0 Å². The van der Waals surface area contributed by atoms with Gasteiger partial charge < -0.3 is 19.9 Å². The molecule has 0 spiro atoms. The maximum Gasteiger partial charge on any atom is 0.227 e. The first kappa shape index (κ1) is 25.3. The van der Waals surface area contributed by atoms with Crippen molar-refractivity contribution in [3.63, 3.8) is 0 Å². The maximum absolute atomic E-state index is 12.3. The first-order chi connectivity index (χ1) is 17.5. The van der Waals surface area contributed by atoms with Gasteiger partial charge >= 0.3 is 0 Å². The van der Waals surface area contributed by atoms with Crippen LogP contribution in [0.25, 0.3) is 11.4 Å². The second-order valence-electron chi connectivity index (χ2n) is 7.65. The summed E-state index contributed by atoms with van der Waals surface area (Å²) in [7, 11) is 1.57. The second-order valence-corrected chi connectivity index (χ2v) is 9.97. The van der Waals surface area contributed by atoms with Gasteiger partial charge in [0.15, 0.2) is 4.34 Å². The summed E-state index contributed by atoms with van der Waals surface area (Å²) in [5.41, 5.74) is 2.62. The molecule has 12 heteroatoms. The number of ether oxygens (including phenoxy) is 1. The number of amides is 2. The zero-order chi connectivity index (χ0) is 25.3. The standard InChI is InChI=1S/C24H24N6O4S2/c1-15-7-9-16(10-8-15)25-20(32)13-14-35-24-29-28-23(36-24)26-19(31)11-12-21-27-22(30-34-21)17-5-3-4-6-18(17)33-2/h3-10H,11-14H2,1-2H3,(H,25,32)(H,26,28,31). The summed E-state index contributed by atoms with van der Waals surface area (Å²) in [4.78, 5) is 28.8. The van der Waals surface area contributed by atoms with Crippen LogP contribution < -0.4 is 15.4 Å². The Labute approximate surface area is 215 Å². The molecule has 4 rings (SSSR count). The molecule has 4 aromatic rings. The third kappa shape index (κ3) is 7.12. The number of thioether (sulfide) groups is 1. The largest absolute Gasteiger partial charge is 0.496 e. The topological polar surface area (TPSA) is 132 Å². The van der Waals surface area contributed by atoms with E-state index in [0.29, 0.717) is 44.7 Å². The summed E-state index contributed by atoms with van der Waals surface area (Å²) >= 11 is 2.67. The van der Waals surface area contributed by atoms with E-state index < -0.39 is 0 Å². The van der Waals surface area contributed by atoms with Gasteiger partial charge in [0.2, 0.25) is 28.7 Å². The lowest BCUT2D eigenvalue weighted by Crippen LogP contribution is -2.12. The Hall–Kier alpha value is -3.77. The van der Waals surface area contributed by atoms with Crippen LogP contribution in [0.2, 0.25) is 0 Å². The van der Waals surface area contributed by atoms with Gasteiger partial charge in [-0.05, 0) is 31.2 Å². The number of nitrogens with one attached hydrogen (secondary N) is 2. The molecule has 0 aliphatic rings. The van der Waals surface area contributed by atoms with Crippen LogP contribution in [0.5, 0.6) is 5.75 Å². The SMILES string of the molecule is COc1ccccc1-c1noc(CCC(=O)Nc2nnc(SCCC(=O)Nc3ccc(C)cc3)s2)n1. The number of hydrogen-bond donors (Lipinski definition) is 2. The van der Waals surface area contributed by atoms with E-state index in [2.05, 4.69) is 31.0 Å². The molecule has 2 N–H and O–H groups in total. The van der Waals surface area contributed by atoms with Crippen LogP contribution in [0.4, 0.5) is 10.8 Å². The highest BCUT2D eigenvalue weighted by Gasteiger charge is 2.15. The molecule has 36 heavy (non-hydrogen) atoms. The van der Waals surface area contributed by atoms with E-state index in [4.69, 9.17) is 9.26 Å². The van der Waals surface area contributed by atoms with E-state index in [9.17, 15) is 9.59 Å². The Morgan fingerprint density at radius 3 is 2.61 bits per heavy atom. The van der Waals surface area contributed by atoms with Crippen molar-refractivity contribution in [2.45, 2.75) is 30.5 Å².